The monoisotopic (exact) mass is 255 g/mol. The third-order valence-electron chi connectivity index (χ3n) is 3.78. The van der Waals surface area contributed by atoms with Crippen LogP contribution < -0.4 is 5.32 Å². The summed E-state index contributed by atoms with van der Waals surface area (Å²) in [6.45, 7) is 5.46. The van der Waals surface area contributed by atoms with E-state index in [0.717, 1.165) is 19.4 Å². The van der Waals surface area contributed by atoms with Crippen LogP contribution in [0.1, 0.15) is 38.3 Å². The van der Waals surface area contributed by atoms with E-state index in [4.69, 9.17) is 0 Å². The van der Waals surface area contributed by atoms with Crippen molar-refractivity contribution >= 4 is 10.9 Å². The van der Waals surface area contributed by atoms with Crippen molar-refractivity contribution in [3.05, 3.63) is 41.7 Å². The second-order valence-electron chi connectivity index (χ2n) is 5.58. The summed E-state index contributed by atoms with van der Waals surface area (Å²) in [6, 6.07) is 7.13. The molecule has 0 fully saturated rings. The summed E-state index contributed by atoms with van der Waals surface area (Å²) < 4.78 is 2.11. The number of rotatable bonds is 4. The standard InChI is InChI=1S/C16H21N3/c1-12(2)19-16-9-13(5-6-15(16)11-18-19)3-4-14-7-8-17-10-14/h5-6,9-12,17H,3-4,7-8H2,1-2H3. The Morgan fingerprint density at radius 2 is 2.21 bits per heavy atom. The molecule has 0 aliphatic carbocycles. The van der Waals surface area contributed by atoms with Gasteiger partial charge < -0.3 is 5.32 Å². The van der Waals surface area contributed by atoms with E-state index in [2.05, 4.69) is 53.3 Å². The van der Waals surface area contributed by atoms with Crippen LogP contribution in [0, 0.1) is 0 Å². The molecule has 100 valence electrons. The van der Waals surface area contributed by atoms with Crippen LogP contribution in [0.5, 0.6) is 0 Å². The molecule has 1 aromatic carbocycles. The summed E-state index contributed by atoms with van der Waals surface area (Å²) in [5, 5.41) is 8.99. The lowest BCUT2D eigenvalue weighted by Gasteiger charge is -2.08. The van der Waals surface area contributed by atoms with E-state index < -0.39 is 0 Å². The molecule has 0 spiro atoms. The molecular formula is C16H21N3. The molecule has 19 heavy (non-hydrogen) atoms. The summed E-state index contributed by atoms with van der Waals surface area (Å²) in [7, 11) is 0. The van der Waals surface area contributed by atoms with E-state index in [-0.39, 0.29) is 0 Å². The molecule has 0 atom stereocenters. The Morgan fingerprint density at radius 1 is 1.32 bits per heavy atom. The van der Waals surface area contributed by atoms with Gasteiger partial charge in [-0.15, -0.1) is 0 Å². The van der Waals surface area contributed by atoms with Crippen LogP contribution in [0.4, 0.5) is 0 Å². The third-order valence-corrected chi connectivity index (χ3v) is 3.78. The topological polar surface area (TPSA) is 29.9 Å². The van der Waals surface area contributed by atoms with Crippen LogP contribution in [-0.2, 0) is 6.42 Å². The highest BCUT2D eigenvalue weighted by Crippen LogP contribution is 2.21. The zero-order chi connectivity index (χ0) is 13.2. The van der Waals surface area contributed by atoms with Gasteiger partial charge in [0, 0.05) is 18.0 Å². The number of aromatic nitrogens is 2. The number of nitrogens with zero attached hydrogens (tertiary/aromatic N) is 2. The van der Waals surface area contributed by atoms with Gasteiger partial charge in [-0.2, -0.15) is 5.10 Å². The number of aryl methyl sites for hydroxylation is 1. The maximum Gasteiger partial charge on any atom is 0.0688 e. The number of benzene rings is 1. The predicted molar refractivity (Wildman–Crippen MR) is 79.1 cm³/mol. The smallest absolute Gasteiger partial charge is 0.0688 e. The summed E-state index contributed by atoms with van der Waals surface area (Å²) in [4.78, 5) is 0. The van der Waals surface area contributed by atoms with E-state index in [1.54, 1.807) is 0 Å². The lowest BCUT2D eigenvalue weighted by Crippen LogP contribution is -2.02. The van der Waals surface area contributed by atoms with Crippen LogP contribution in [0.2, 0.25) is 0 Å². The minimum absolute atomic E-state index is 0.412. The Morgan fingerprint density at radius 3 is 2.95 bits per heavy atom. The number of hydrogen-bond donors (Lipinski definition) is 1. The van der Waals surface area contributed by atoms with Gasteiger partial charge in [0.15, 0.2) is 0 Å². The molecule has 1 aliphatic heterocycles. The van der Waals surface area contributed by atoms with Crippen LogP contribution in [-0.4, -0.2) is 16.3 Å². The minimum atomic E-state index is 0.412. The molecule has 2 aromatic rings. The normalized spacial score (nSPS) is 15.0. The molecule has 0 saturated heterocycles. The first kappa shape index (κ1) is 12.3. The Kier molecular flexibility index (Phi) is 3.28. The number of fused-ring (bicyclic) bond motifs is 1. The van der Waals surface area contributed by atoms with Crippen molar-refractivity contribution in [2.24, 2.45) is 0 Å². The maximum absolute atomic E-state index is 4.47. The van der Waals surface area contributed by atoms with Gasteiger partial charge in [-0.1, -0.05) is 17.7 Å². The minimum Gasteiger partial charge on any atom is -0.391 e. The molecule has 0 bridgehead atoms. The van der Waals surface area contributed by atoms with Crippen molar-refractivity contribution < 1.29 is 0 Å². The Bertz CT molecular complexity index is 607. The van der Waals surface area contributed by atoms with Gasteiger partial charge in [-0.25, -0.2) is 0 Å². The van der Waals surface area contributed by atoms with Gasteiger partial charge in [0.05, 0.1) is 11.7 Å². The molecule has 1 aromatic heterocycles. The van der Waals surface area contributed by atoms with Gasteiger partial charge >= 0.3 is 0 Å². The van der Waals surface area contributed by atoms with Gasteiger partial charge in [0.25, 0.3) is 0 Å². The van der Waals surface area contributed by atoms with Crippen molar-refractivity contribution in [1.82, 2.24) is 15.1 Å². The molecule has 3 nitrogen and oxygen atoms in total. The molecule has 0 unspecified atom stereocenters. The molecule has 1 N–H and O–H groups in total. The van der Waals surface area contributed by atoms with E-state index in [9.17, 15) is 0 Å². The molecule has 3 rings (SSSR count). The van der Waals surface area contributed by atoms with Crippen LogP contribution in [0.15, 0.2) is 36.2 Å². The molecule has 3 heteroatoms. The average molecular weight is 255 g/mol. The van der Waals surface area contributed by atoms with Gasteiger partial charge in [-0.05, 0) is 50.9 Å². The highest BCUT2D eigenvalue weighted by atomic mass is 15.3. The van der Waals surface area contributed by atoms with Crippen molar-refractivity contribution in [2.45, 2.75) is 39.2 Å². The SMILES string of the molecule is CC(C)n1ncc2ccc(CCC3=CNCC3)cc21. The van der Waals surface area contributed by atoms with Crippen molar-refractivity contribution in [3.8, 4) is 0 Å². The fourth-order valence-corrected chi connectivity index (χ4v) is 2.67. The van der Waals surface area contributed by atoms with E-state index in [0.29, 0.717) is 6.04 Å². The summed E-state index contributed by atoms with van der Waals surface area (Å²) in [5.41, 5.74) is 4.20. The number of nitrogens with one attached hydrogen (secondary N) is 1. The van der Waals surface area contributed by atoms with Crippen molar-refractivity contribution in [1.29, 1.82) is 0 Å². The second-order valence-corrected chi connectivity index (χ2v) is 5.58. The third kappa shape index (κ3) is 2.50. The van der Waals surface area contributed by atoms with Crippen molar-refractivity contribution in [2.75, 3.05) is 6.54 Å². The zero-order valence-corrected chi connectivity index (χ0v) is 11.7. The zero-order valence-electron chi connectivity index (χ0n) is 11.7. The quantitative estimate of drug-likeness (QED) is 0.907. The molecule has 0 radical (unpaired) electrons. The molecule has 0 saturated carbocycles. The summed E-state index contributed by atoms with van der Waals surface area (Å²) in [6.07, 6.45) is 7.62. The highest BCUT2D eigenvalue weighted by Gasteiger charge is 2.08. The first-order chi connectivity index (χ1) is 9.24. The number of hydrogen-bond acceptors (Lipinski definition) is 2. The fourth-order valence-electron chi connectivity index (χ4n) is 2.67. The largest absolute Gasteiger partial charge is 0.391 e. The Hall–Kier alpha value is -1.77. The molecular weight excluding hydrogens is 234 g/mol. The van der Waals surface area contributed by atoms with Crippen molar-refractivity contribution in [3.63, 3.8) is 0 Å². The molecule has 0 amide bonds. The predicted octanol–water partition coefficient (Wildman–Crippen LogP) is 3.43. The lowest BCUT2D eigenvalue weighted by atomic mass is 10.0. The van der Waals surface area contributed by atoms with Gasteiger partial charge in [0.1, 0.15) is 0 Å². The van der Waals surface area contributed by atoms with Crippen LogP contribution in [0.3, 0.4) is 0 Å². The van der Waals surface area contributed by atoms with Gasteiger partial charge in [0.2, 0.25) is 0 Å². The van der Waals surface area contributed by atoms with E-state index in [1.807, 2.05) is 6.20 Å². The highest BCUT2D eigenvalue weighted by molar-refractivity contribution is 5.79. The molecule has 2 heterocycles. The maximum atomic E-state index is 4.47. The van der Waals surface area contributed by atoms with E-state index >= 15 is 0 Å². The van der Waals surface area contributed by atoms with E-state index in [1.165, 1.54) is 28.5 Å². The summed E-state index contributed by atoms with van der Waals surface area (Å²) >= 11 is 0. The Labute approximate surface area is 114 Å². The van der Waals surface area contributed by atoms with Crippen LogP contribution >= 0.6 is 0 Å². The van der Waals surface area contributed by atoms with Crippen LogP contribution in [0.25, 0.3) is 10.9 Å². The summed E-state index contributed by atoms with van der Waals surface area (Å²) in [5.74, 6) is 0. The first-order valence-electron chi connectivity index (χ1n) is 7.11. The molecule has 1 aliphatic rings. The Balaban J connectivity index is 1.81. The second kappa shape index (κ2) is 5.08. The lowest BCUT2D eigenvalue weighted by molar-refractivity contribution is 0.550. The first-order valence-corrected chi connectivity index (χ1v) is 7.11. The average Bonchev–Trinajstić information content (AvgIpc) is 3.05. The van der Waals surface area contributed by atoms with Gasteiger partial charge in [-0.3, -0.25) is 4.68 Å². The fraction of sp³-hybridized carbons (Fsp3) is 0.438.